The zero-order valence-electron chi connectivity index (χ0n) is 39.9. The van der Waals surface area contributed by atoms with Crippen molar-refractivity contribution in [1.29, 1.82) is 0 Å². The Labute approximate surface area is 373 Å². The van der Waals surface area contributed by atoms with Crippen molar-refractivity contribution < 1.29 is 42.9 Å². The molecule has 0 spiro atoms. The lowest BCUT2D eigenvalue weighted by Crippen LogP contribution is -2.76. The predicted molar refractivity (Wildman–Crippen MR) is 247 cm³/mol. The van der Waals surface area contributed by atoms with Crippen LogP contribution >= 0.6 is 0 Å². The molecule has 2 bridgehead atoms. The SMILES string of the molecule is CC[Si](CC)(CC)OC1C[C@H]2OC[C@@]2(C)[C@H]2[C@H](C)[C@]3(O)C[C@H](OC(=O)[C@H](O[Si](C)(C)C(C)(C)C)[C@@H](NC(=O)c4ccccc4)c4ccccc4)C(C)=C([C@@H](O)C(=O)[C@]12C)C3(C)C. The van der Waals surface area contributed by atoms with Gasteiger partial charge < -0.3 is 33.9 Å². The van der Waals surface area contributed by atoms with E-state index in [0.717, 1.165) is 18.1 Å². The molecule has 1 unspecified atom stereocenters. The number of hydrogen-bond acceptors (Lipinski definition) is 9. The number of hydrogen-bond donors (Lipinski definition) is 3. The van der Waals surface area contributed by atoms with Gasteiger partial charge in [0.15, 0.2) is 28.5 Å². The Balaban J connectivity index is 1.47. The van der Waals surface area contributed by atoms with E-state index in [1.54, 1.807) is 24.3 Å². The Morgan fingerprint density at radius 3 is 2.03 bits per heavy atom. The number of benzene rings is 2. The summed E-state index contributed by atoms with van der Waals surface area (Å²) < 4.78 is 27.2. The van der Waals surface area contributed by atoms with Crippen LogP contribution in [-0.4, -0.2) is 87.2 Å². The first kappa shape index (κ1) is 48.5. The Kier molecular flexibility index (Phi) is 13.4. The summed E-state index contributed by atoms with van der Waals surface area (Å²) in [4.78, 5) is 44.7. The molecule has 3 fully saturated rings. The number of carbonyl (C=O) groups is 3. The summed E-state index contributed by atoms with van der Waals surface area (Å²) in [6.07, 6.45) is -4.00. The highest BCUT2D eigenvalue weighted by Crippen LogP contribution is 2.67. The lowest BCUT2D eigenvalue weighted by atomic mass is 9.40. The van der Waals surface area contributed by atoms with Gasteiger partial charge in [-0.3, -0.25) is 9.59 Å². The van der Waals surface area contributed by atoms with Crippen LogP contribution in [-0.2, 0) is 27.9 Å². The van der Waals surface area contributed by atoms with E-state index in [-0.39, 0.29) is 29.3 Å². The van der Waals surface area contributed by atoms with Crippen LogP contribution in [0.5, 0.6) is 0 Å². The molecule has 2 saturated carbocycles. The summed E-state index contributed by atoms with van der Waals surface area (Å²) in [6, 6.07) is 19.9. The fourth-order valence-electron chi connectivity index (χ4n) is 11.8. The number of rotatable bonds is 13. The second-order valence-corrected chi connectivity index (χ2v) is 31.0. The maximum Gasteiger partial charge on any atom is 0.337 e. The highest BCUT2D eigenvalue weighted by molar-refractivity contribution is 6.74. The number of aliphatic hydroxyl groups excluding tert-OH is 1. The third-order valence-corrected chi connectivity index (χ3v) is 26.2. The van der Waals surface area contributed by atoms with Gasteiger partial charge in [-0.1, -0.05) is 118 Å². The predicted octanol–water partition coefficient (Wildman–Crippen LogP) is 9.34. The van der Waals surface area contributed by atoms with E-state index in [2.05, 4.69) is 66.9 Å². The van der Waals surface area contributed by atoms with E-state index >= 15 is 9.59 Å². The molecule has 12 heteroatoms. The minimum atomic E-state index is -2.74. The molecule has 3 N–H and O–H groups in total. The first-order valence-electron chi connectivity index (χ1n) is 23.0. The van der Waals surface area contributed by atoms with Gasteiger partial charge in [0.1, 0.15) is 12.2 Å². The molecule has 1 aliphatic heterocycles. The van der Waals surface area contributed by atoms with Crippen molar-refractivity contribution >= 4 is 34.3 Å². The average molecular weight is 890 g/mol. The van der Waals surface area contributed by atoms with E-state index in [4.69, 9.17) is 18.3 Å². The molecule has 1 saturated heterocycles. The van der Waals surface area contributed by atoms with E-state index in [0.29, 0.717) is 35.3 Å². The maximum absolute atomic E-state index is 15.5. The van der Waals surface area contributed by atoms with Crippen LogP contribution in [0.15, 0.2) is 71.8 Å². The van der Waals surface area contributed by atoms with Crippen molar-refractivity contribution in [3.63, 3.8) is 0 Å². The number of aliphatic hydroxyl groups is 2. The molecule has 6 rings (SSSR count). The van der Waals surface area contributed by atoms with Crippen LogP contribution in [0.1, 0.15) is 118 Å². The van der Waals surface area contributed by atoms with E-state index in [1.807, 2.05) is 71.0 Å². The number of fused-ring (bicyclic) bond motifs is 5. The third kappa shape index (κ3) is 7.85. The Morgan fingerprint density at radius 1 is 0.952 bits per heavy atom. The number of ketones is 1. The Morgan fingerprint density at radius 2 is 1.52 bits per heavy atom. The van der Waals surface area contributed by atoms with Crippen molar-refractivity contribution in [3.05, 3.63) is 82.9 Å². The van der Waals surface area contributed by atoms with Gasteiger partial charge in [0.25, 0.3) is 5.91 Å². The summed E-state index contributed by atoms with van der Waals surface area (Å²) in [5.41, 5.74) is -2.28. The molecule has 10 nitrogen and oxygen atoms in total. The number of esters is 1. The molecule has 62 heavy (non-hydrogen) atoms. The molecular weight excluding hydrogens is 815 g/mol. The summed E-state index contributed by atoms with van der Waals surface area (Å²) in [5.74, 6) is -2.35. The summed E-state index contributed by atoms with van der Waals surface area (Å²) in [6.45, 7) is 29.1. The van der Waals surface area contributed by atoms with Crippen molar-refractivity contribution in [2.24, 2.45) is 28.1 Å². The van der Waals surface area contributed by atoms with Crippen LogP contribution in [0.25, 0.3) is 0 Å². The Hall–Kier alpha value is -2.98. The molecule has 342 valence electrons. The van der Waals surface area contributed by atoms with Crippen molar-refractivity contribution in [3.8, 4) is 0 Å². The summed E-state index contributed by atoms with van der Waals surface area (Å²) in [5, 5.41) is 29.1. The molecule has 0 aromatic heterocycles. The van der Waals surface area contributed by atoms with E-state index < -0.39 is 86.7 Å². The molecule has 11 atom stereocenters. The van der Waals surface area contributed by atoms with Gasteiger partial charge in [0.05, 0.1) is 35.9 Å². The molecular formula is C50H75NO9Si2. The largest absolute Gasteiger partial charge is 0.456 e. The fourth-order valence-corrected chi connectivity index (χ4v) is 16.0. The maximum atomic E-state index is 15.5. The molecule has 1 amide bonds. The van der Waals surface area contributed by atoms with Gasteiger partial charge in [0, 0.05) is 29.2 Å². The van der Waals surface area contributed by atoms with Crippen molar-refractivity contribution in [2.45, 2.75) is 174 Å². The lowest BCUT2D eigenvalue weighted by molar-refractivity contribution is -0.300. The number of nitrogens with one attached hydrogen (secondary N) is 1. The fraction of sp³-hybridized carbons (Fsp3) is 0.660. The molecule has 0 radical (unpaired) electrons. The van der Waals surface area contributed by atoms with Gasteiger partial charge >= 0.3 is 5.97 Å². The van der Waals surface area contributed by atoms with E-state index in [1.165, 1.54) is 0 Å². The second kappa shape index (κ2) is 17.1. The molecule has 4 aliphatic rings. The van der Waals surface area contributed by atoms with Gasteiger partial charge in [-0.25, -0.2) is 4.79 Å². The topological polar surface area (TPSA) is 141 Å². The molecule has 2 aromatic carbocycles. The quantitative estimate of drug-likeness (QED) is 0.102. The molecule has 3 aliphatic carbocycles. The van der Waals surface area contributed by atoms with E-state index in [9.17, 15) is 15.0 Å². The van der Waals surface area contributed by atoms with Gasteiger partial charge in [-0.2, -0.15) is 0 Å². The van der Waals surface area contributed by atoms with Crippen LogP contribution in [0, 0.1) is 28.1 Å². The van der Waals surface area contributed by atoms with Crippen LogP contribution in [0.2, 0.25) is 36.3 Å². The highest BCUT2D eigenvalue weighted by atomic mass is 28.4. The standard InChI is InChI=1S/C50H75NO9Si2/c1-15-62(16-2,17-3)59-37-28-36-48(11,30-57-36)42-32(5)50(56)29-35(31(4)38(47(50,9)10)40(52)43(53)49(37,42)12)58-45(55)41(60-61(13,14)46(6,7)8)39(33-24-20-18-21-25-33)51-44(54)34-26-22-19-23-27-34/h18-27,32,35-37,39-42,52,56H,15-17,28-30H2,1-14H3,(H,51,54)/t32-,35-,36+,37?,39-,40+,41+,42+,48+,49+,50+/m0/s1. The smallest absolute Gasteiger partial charge is 0.337 e. The first-order valence-corrected chi connectivity index (χ1v) is 28.5. The minimum absolute atomic E-state index is 0.0274. The van der Waals surface area contributed by atoms with Crippen LogP contribution < -0.4 is 5.32 Å². The van der Waals surface area contributed by atoms with Crippen molar-refractivity contribution in [1.82, 2.24) is 5.32 Å². The zero-order chi connectivity index (χ0) is 46.0. The number of Topliss-reactive ketones (excluding diaryl/α,β-unsaturated/α-hetero) is 1. The van der Waals surface area contributed by atoms with Crippen LogP contribution in [0.4, 0.5) is 0 Å². The molecule has 1 heterocycles. The monoisotopic (exact) mass is 889 g/mol. The third-order valence-electron chi connectivity index (χ3n) is 17.1. The second-order valence-electron chi connectivity index (χ2n) is 21.5. The van der Waals surface area contributed by atoms with Crippen molar-refractivity contribution in [2.75, 3.05) is 6.61 Å². The number of carbonyl (C=O) groups excluding carboxylic acids is 3. The van der Waals surface area contributed by atoms with Crippen LogP contribution in [0.3, 0.4) is 0 Å². The Bertz CT molecular complexity index is 2000. The van der Waals surface area contributed by atoms with Gasteiger partial charge in [-0.15, -0.1) is 0 Å². The lowest BCUT2D eigenvalue weighted by Gasteiger charge is -2.69. The average Bonchev–Trinajstić information content (AvgIpc) is 3.22. The number of amides is 1. The van der Waals surface area contributed by atoms with Gasteiger partial charge in [0.2, 0.25) is 0 Å². The minimum Gasteiger partial charge on any atom is -0.456 e. The van der Waals surface area contributed by atoms with Gasteiger partial charge in [-0.05, 0) is 90.8 Å². The normalized spacial score (nSPS) is 33.2. The number of ether oxygens (including phenoxy) is 2. The zero-order valence-corrected chi connectivity index (χ0v) is 41.9. The first-order chi connectivity index (χ1) is 28.8. The molecule has 2 aromatic rings. The summed E-state index contributed by atoms with van der Waals surface area (Å²) in [7, 11) is -5.00. The highest BCUT2D eigenvalue weighted by Gasteiger charge is 2.73. The summed E-state index contributed by atoms with van der Waals surface area (Å²) >= 11 is 0.